The third-order valence-corrected chi connectivity index (χ3v) is 3.88. The molecule has 1 aromatic carbocycles. The van der Waals surface area contributed by atoms with E-state index in [4.69, 9.17) is 5.11 Å². The van der Waals surface area contributed by atoms with Gasteiger partial charge in [-0.05, 0) is 24.8 Å². The summed E-state index contributed by atoms with van der Waals surface area (Å²) < 4.78 is 0. The number of carboxylic acid groups (broad SMARTS) is 1. The van der Waals surface area contributed by atoms with Crippen LogP contribution in [0.15, 0.2) is 30.3 Å². The van der Waals surface area contributed by atoms with E-state index >= 15 is 0 Å². The summed E-state index contributed by atoms with van der Waals surface area (Å²) in [6.45, 7) is 0.455. The highest BCUT2D eigenvalue weighted by Gasteiger charge is 2.17. The Morgan fingerprint density at radius 2 is 1.84 bits per heavy atom. The van der Waals surface area contributed by atoms with Crippen LogP contribution in [-0.2, 0) is 16.0 Å². The third kappa shape index (κ3) is 8.74. The van der Waals surface area contributed by atoms with Crippen LogP contribution in [0.1, 0.15) is 31.2 Å². The van der Waals surface area contributed by atoms with Crippen molar-refractivity contribution in [3.63, 3.8) is 0 Å². The van der Waals surface area contributed by atoms with Crippen LogP contribution in [0.5, 0.6) is 0 Å². The molecule has 7 nitrogen and oxygen atoms in total. The Morgan fingerprint density at radius 1 is 1.16 bits per heavy atom. The second-order valence-corrected chi connectivity index (χ2v) is 5.97. The topological polar surface area (TPSA) is 98.7 Å². The Labute approximate surface area is 148 Å². The molecule has 0 aliphatic carbocycles. The van der Waals surface area contributed by atoms with Gasteiger partial charge in [0.25, 0.3) is 0 Å². The van der Waals surface area contributed by atoms with Gasteiger partial charge >= 0.3 is 12.0 Å². The molecule has 25 heavy (non-hydrogen) atoms. The van der Waals surface area contributed by atoms with E-state index in [1.165, 1.54) is 4.90 Å². The number of benzene rings is 1. The van der Waals surface area contributed by atoms with Crippen molar-refractivity contribution in [1.82, 2.24) is 15.5 Å². The fourth-order valence-corrected chi connectivity index (χ4v) is 2.41. The van der Waals surface area contributed by atoms with Gasteiger partial charge in [-0.2, -0.15) is 0 Å². The molecule has 0 saturated carbocycles. The second-order valence-electron chi connectivity index (χ2n) is 5.97. The molecule has 0 aliphatic heterocycles. The summed E-state index contributed by atoms with van der Waals surface area (Å²) in [5.74, 6) is -0.941. The molecule has 138 valence electrons. The zero-order chi connectivity index (χ0) is 18.7. The van der Waals surface area contributed by atoms with Crippen LogP contribution in [0, 0.1) is 0 Å². The number of rotatable bonds is 10. The molecule has 1 atom stereocenters. The normalized spacial score (nSPS) is 11.4. The third-order valence-electron chi connectivity index (χ3n) is 3.88. The molecule has 1 rings (SSSR count). The van der Waals surface area contributed by atoms with Gasteiger partial charge in [0.15, 0.2) is 0 Å². The maximum Gasteiger partial charge on any atom is 0.317 e. The van der Waals surface area contributed by atoms with E-state index in [2.05, 4.69) is 10.6 Å². The van der Waals surface area contributed by atoms with Crippen LogP contribution in [0.3, 0.4) is 0 Å². The quantitative estimate of drug-likeness (QED) is 0.598. The molecular formula is C18H27N3O4. The lowest BCUT2D eigenvalue weighted by molar-refractivity contribution is -0.137. The maximum atomic E-state index is 12.3. The minimum atomic E-state index is -0.883. The molecule has 0 aliphatic rings. The highest BCUT2D eigenvalue weighted by molar-refractivity contribution is 5.76. The Kier molecular flexibility index (Phi) is 9.06. The largest absolute Gasteiger partial charge is 0.481 e. The molecule has 0 fully saturated rings. The van der Waals surface area contributed by atoms with Crippen molar-refractivity contribution in [1.29, 1.82) is 0 Å². The molecule has 1 aromatic rings. The maximum absolute atomic E-state index is 12.3. The number of carbonyl (C=O) groups is 3. The SMILES string of the molecule is CNC(=O)CCCN(C)C(=O)NC(CCC(=O)O)Cc1ccccc1. The van der Waals surface area contributed by atoms with Gasteiger partial charge in [0.05, 0.1) is 0 Å². The van der Waals surface area contributed by atoms with Crippen molar-refractivity contribution in [3.05, 3.63) is 35.9 Å². The van der Waals surface area contributed by atoms with Crippen molar-refractivity contribution in [2.75, 3.05) is 20.6 Å². The van der Waals surface area contributed by atoms with Crippen LogP contribution in [0.2, 0.25) is 0 Å². The molecule has 1 unspecified atom stereocenters. The number of hydrogen-bond donors (Lipinski definition) is 3. The van der Waals surface area contributed by atoms with Crippen LogP contribution >= 0.6 is 0 Å². The van der Waals surface area contributed by atoms with Crippen LogP contribution < -0.4 is 10.6 Å². The van der Waals surface area contributed by atoms with Crippen LogP contribution in [0.4, 0.5) is 4.79 Å². The molecule has 0 aromatic heterocycles. The van der Waals surface area contributed by atoms with Gasteiger partial charge in [-0.1, -0.05) is 30.3 Å². The minimum absolute atomic E-state index is 0.00182. The Hall–Kier alpha value is -2.57. The smallest absolute Gasteiger partial charge is 0.317 e. The number of amides is 3. The standard InChI is InChI=1S/C18H27N3O4/c1-19-16(22)9-6-12-21(2)18(25)20-15(10-11-17(23)24)13-14-7-4-3-5-8-14/h3-5,7-8,15H,6,9-13H2,1-2H3,(H,19,22)(H,20,25)(H,23,24). The van der Waals surface area contributed by atoms with Crippen LogP contribution in [-0.4, -0.2) is 54.6 Å². The summed E-state index contributed by atoms with van der Waals surface area (Å²) in [5.41, 5.74) is 1.04. The van der Waals surface area contributed by atoms with Gasteiger partial charge in [-0.15, -0.1) is 0 Å². The van der Waals surface area contributed by atoms with Crippen molar-refractivity contribution < 1.29 is 19.5 Å². The number of nitrogens with one attached hydrogen (secondary N) is 2. The summed E-state index contributed by atoms with van der Waals surface area (Å²) in [6, 6.07) is 9.12. The van der Waals surface area contributed by atoms with Gasteiger partial charge < -0.3 is 20.6 Å². The number of nitrogens with zero attached hydrogens (tertiary/aromatic N) is 1. The van der Waals surface area contributed by atoms with Gasteiger partial charge in [-0.25, -0.2) is 4.79 Å². The van der Waals surface area contributed by atoms with Crippen LogP contribution in [0.25, 0.3) is 0 Å². The molecule has 7 heteroatoms. The molecule has 3 amide bonds. The molecule has 0 bridgehead atoms. The average Bonchev–Trinajstić information content (AvgIpc) is 2.60. The summed E-state index contributed by atoms with van der Waals surface area (Å²) in [7, 11) is 3.24. The zero-order valence-corrected chi connectivity index (χ0v) is 14.8. The fourth-order valence-electron chi connectivity index (χ4n) is 2.41. The van der Waals surface area contributed by atoms with E-state index in [9.17, 15) is 14.4 Å². The Bertz CT molecular complexity index is 563. The van der Waals surface area contributed by atoms with E-state index in [0.717, 1.165) is 5.56 Å². The second kappa shape index (κ2) is 11.1. The monoisotopic (exact) mass is 349 g/mol. The van der Waals surface area contributed by atoms with Crippen molar-refractivity contribution in [2.24, 2.45) is 0 Å². The first-order valence-corrected chi connectivity index (χ1v) is 8.40. The van der Waals surface area contributed by atoms with E-state index in [1.807, 2.05) is 30.3 Å². The molecule has 0 spiro atoms. The number of hydrogen-bond acceptors (Lipinski definition) is 3. The summed E-state index contributed by atoms with van der Waals surface area (Å²) in [4.78, 5) is 35.9. The fraction of sp³-hybridized carbons (Fsp3) is 0.500. The first-order chi connectivity index (χ1) is 11.9. The van der Waals surface area contributed by atoms with E-state index in [0.29, 0.717) is 32.2 Å². The molecular weight excluding hydrogens is 322 g/mol. The van der Waals surface area contributed by atoms with Crippen molar-refractivity contribution in [2.45, 2.75) is 38.1 Å². The Morgan fingerprint density at radius 3 is 2.44 bits per heavy atom. The minimum Gasteiger partial charge on any atom is -0.481 e. The lowest BCUT2D eigenvalue weighted by atomic mass is 10.0. The Balaban J connectivity index is 2.54. The lowest BCUT2D eigenvalue weighted by Gasteiger charge is -2.23. The molecule has 3 N–H and O–H groups in total. The summed E-state index contributed by atoms with van der Waals surface area (Å²) >= 11 is 0. The van der Waals surface area contributed by atoms with Gasteiger partial charge in [0.2, 0.25) is 5.91 Å². The van der Waals surface area contributed by atoms with Gasteiger partial charge in [-0.3, -0.25) is 9.59 Å². The number of aliphatic carboxylic acids is 1. The lowest BCUT2D eigenvalue weighted by Crippen LogP contribution is -2.44. The predicted molar refractivity (Wildman–Crippen MR) is 95.3 cm³/mol. The van der Waals surface area contributed by atoms with Crippen molar-refractivity contribution in [3.8, 4) is 0 Å². The van der Waals surface area contributed by atoms with E-state index < -0.39 is 5.97 Å². The summed E-state index contributed by atoms with van der Waals surface area (Å²) in [6.07, 6.45) is 1.87. The van der Waals surface area contributed by atoms with E-state index in [1.54, 1.807) is 14.1 Å². The van der Waals surface area contributed by atoms with E-state index in [-0.39, 0.29) is 24.4 Å². The highest BCUT2D eigenvalue weighted by Crippen LogP contribution is 2.08. The van der Waals surface area contributed by atoms with Gasteiger partial charge in [0, 0.05) is 39.5 Å². The zero-order valence-electron chi connectivity index (χ0n) is 14.8. The average molecular weight is 349 g/mol. The predicted octanol–water partition coefficient (Wildman–Crippen LogP) is 1.63. The number of urea groups is 1. The molecule has 0 heterocycles. The molecule has 0 saturated heterocycles. The highest BCUT2D eigenvalue weighted by atomic mass is 16.4. The summed E-state index contributed by atoms with van der Waals surface area (Å²) in [5, 5.41) is 14.3. The first-order valence-electron chi connectivity index (χ1n) is 8.40. The molecule has 0 radical (unpaired) electrons. The number of carbonyl (C=O) groups excluding carboxylic acids is 2. The van der Waals surface area contributed by atoms with Crippen molar-refractivity contribution >= 4 is 17.9 Å². The van der Waals surface area contributed by atoms with Gasteiger partial charge in [0.1, 0.15) is 0 Å². The number of carboxylic acids is 1. The first kappa shape index (κ1) is 20.5.